The first-order chi connectivity index (χ1) is 11.3. The predicted octanol–water partition coefficient (Wildman–Crippen LogP) is 5.05. The van der Waals surface area contributed by atoms with Gasteiger partial charge in [0.25, 0.3) is 0 Å². The summed E-state index contributed by atoms with van der Waals surface area (Å²) in [7, 11) is 0. The number of carbonyl (C=O) groups is 1. The lowest BCUT2D eigenvalue weighted by Crippen LogP contribution is -2.45. The van der Waals surface area contributed by atoms with Gasteiger partial charge in [-0.3, -0.25) is 4.90 Å². The van der Waals surface area contributed by atoms with Crippen molar-refractivity contribution in [3.05, 3.63) is 35.5 Å². The number of amides is 1. The second-order valence-electron chi connectivity index (χ2n) is 7.82. The molecule has 4 heteroatoms. The SMILES string of the molecule is CC[C@H](C)[C@H]1c2[nH]c3ccccc3c2CCN1C(=O)OC(C)(C)C. The number of fused-ring (bicyclic) bond motifs is 3. The van der Waals surface area contributed by atoms with Crippen LogP contribution in [0, 0.1) is 5.92 Å². The van der Waals surface area contributed by atoms with Gasteiger partial charge in [-0.25, -0.2) is 4.79 Å². The number of aromatic nitrogens is 1. The number of H-pyrrole nitrogens is 1. The van der Waals surface area contributed by atoms with Crippen molar-refractivity contribution in [1.29, 1.82) is 0 Å². The number of para-hydroxylation sites is 1. The zero-order chi connectivity index (χ0) is 17.5. The van der Waals surface area contributed by atoms with E-state index in [-0.39, 0.29) is 12.1 Å². The molecule has 0 saturated carbocycles. The third-order valence-electron chi connectivity index (χ3n) is 4.89. The van der Waals surface area contributed by atoms with Gasteiger partial charge in [-0.05, 0) is 44.7 Å². The van der Waals surface area contributed by atoms with Crippen LogP contribution in [0.4, 0.5) is 4.79 Å². The summed E-state index contributed by atoms with van der Waals surface area (Å²) in [6.45, 7) is 10.8. The Bertz CT molecular complexity index is 742. The van der Waals surface area contributed by atoms with E-state index in [9.17, 15) is 4.79 Å². The van der Waals surface area contributed by atoms with Crippen LogP contribution in [-0.2, 0) is 11.2 Å². The summed E-state index contributed by atoms with van der Waals surface area (Å²) in [6, 6.07) is 8.45. The minimum atomic E-state index is -0.474. The van der Waals surface area contributed by atoms with Gasteiger partial charge in [-0.15, -0.1) is 0 Å². The van der Waals surface area contributed by atoms with E-state index >= 15 is 0 Å². The molecule has 2 heterocycles. The Hall–Kier alpha value is -1.97. The van der Waals surface area contributed by atoms with E-state index in [1.165, 1.54) is 16.6 Å². The Morgan fingerprint density at radius 3 is 2.75 bits per heavy atom. The fourth-order valence-corrected chi connectivity index (χ4v) is 3.61. The summed E-state index contributed by atoms with van der Waals surface area (Å²) in [5, 5.41) is 1.28. The molecule has 1 aromatic carbocycles. The first-order valence-electron chi connectivity index (χ1n) is 8.91. The van der Waals surface area contributed by atoms with Crippen LogP contribution in [-0.4, -0.2) is 28.1 Å². The van der Waals surface area contributed by atoms with E-state index in [1.54, 1.807) is 0 Å². The molecule has 0 fully saturated rings. The molecule has 0 radical (unpaired) electrons. The number of nitrogens with one attached hydrogen (secondary N) is 1. The summed E-state index contributed by atoms with van der Waals surface area (Å²) in [5.74, 6) is 0.365. The van der Waals surface area contributed by atoms with E-state index in [4.69, 9.17) is 4.74 Å². The van der Waals surface area contributed by atoms with Crippen molar-refractivity contribution in [2.45, 2.75) is 59.1 Å². The van der Waals surface area contributed by atoms with Gasteiger partial charge in [-0.1, -0.05) is 38.5 Å². The molecule has 0 aliphatic carbocycles. The molecule has 0 spiro atoms. The molecule has 24 heavy (non-hydrogen) atoms. The summed E-state index contributed by atoms with van der Waals surface area (Å²) in [5.41, 5.74) is 3.22. The number of ether oxygens (including phenoxy) is 1. The Kier molecular flexibility index (Phi) is 4.33. The maximum absolute atomic E-state index is 12.8. The molecule has 4 nitrogen and oxygen atoms in total. The number of rotatable bonds is 2. The molecule has 0 bridgehead atoms. The molecule has 3 rings (SSSR count). The van der Waals surface area contributed by atoms with Crippen molar-refractivity contribution >= 4 is 17.0 Å². The van der Waals surface area contributed by atoms with Gasteiger partial charge in [0.2, 0.25) is 0 Å². The van der Waals surface area contributed by atoms with Gasteiger partial charge in [0.1, 0.15) is 5.60 Å². The van der Waals surface area contributed by atoms with Crippen LogP contribution in [0.2, 0.25) is 0 Å². The number of aromatic amines is 1. The molecule has 1 aliphatic heterocycles. The minimum absolute atomic E-state index is 0.0426. The topological polar surface area (TPSA) is 45.3 Å². The van der Waals surface area contributed by atoms with Crippen LogP contribution in [0.5, 0.6) is 0 Å². The van der Waals surface area contributed by atoms with E-state index in [1.807, 2.05) is 31.7 Å². The van der Waals surface area contributed by atoms with Crippen molar-refractivity contribution < 1.29 is 9.53 Å². The van der Waals surface area contributed by atoms with E-state index < -0.39 is 5.60 Å². The minimum Gasteiger partial charge on any atom is -0.444 e. The summed E-state index contributed by atoms with van der Waals surface area (Å²) in [6.07, 6.45) is 1.67. The molecule has 0 saturated heterocycles. The highest BCUT2D eigenvalue weighted by Gasteiger charge is 2.37. The second-order valence-corrected chi connectivity index (χ2v) is 7.82. The molecule has 2 aromatic rings. The molecular weight excluding hydrogens is 300 g/mol. The normalized spacial score (nSPS) is 19.2. The molecule has 1 N–H and O–H groups in total. The summed E-state index contributed by atoms with van der Waals surface area (Å²) >= 11 is 0. The quantitative estimate of drug-likeness (QED) is 0.838. The van der Waals surface area contributed by atoms with Crippen LogP contribution in [0.15, 0.2) is 24.3 Å². The van der Waals surface area contributed by atoms with E-state index in [0.29, 0.717) is 12.5 Å². The molecule has 0 unspecified atom stereocenters. The van der Waals surface area contributed by atoms with Crippen LogP contribution in [0.1, 0.15) is 58.3 Å². The molecule has 130 valence electrons. The average Bonchev–Trinajstić information content (AvgIpc) is 2.90. The van der Waals surface area contributed by atoms with Gasteiger partial charge in [0.05, 0.1) is 6.04 Å². The van der Waals surface area contributed by atoms with Gasteiger partial charge >= 0.3 is 6.09 Å². The number of hydrogen-bond donors (Lipinski definition) is 1. The molecule has 1 aromatic heterocycles. The second kappa shape index (κ2) is 6.15. The van der Waals surface area contributed by atoms with Gasteiger partial charge in [-0.2, -0.15) is 0 Å². The lowest BCUT2D eigenvalue weighted by molar-refractivity contribution is 0.00709. The van der Waals surface area contributed by atoms with E-state index in [2.05, 4.69) is 37.0 Å². The average molecular weight is 328 g/mol. The van der Waals surface area contributed by atoms with Crippen LogP contribution < -0.4 is 0 Å². The summed E-state index contributed by atoms with van der Waals surface area (Å²) in [4.78, 5) is 18.3. The number of carbonyl (C=O) groups excluding carboxylic acids is 1. The lowest BCUT2D eigenvalue weighted by atomic mass is 9.88. The monoisotopic (exact) mass is 328 g/mol. The predicted molar refractivity (Wildman–Crippen MR) is 97.1 cm³/mol. The highest BCUT2D eigenvalue weighted by atomic mass is 16.6. The Morgan fingerprint density at radius 2 is 2.08 bits per heavy atom. The lowest BCUT2D eigenvalue weighted by Gasteiger charge is -2.39. The third-order valence-corrected chi connectivity index (χ3v) is 4.89. The smallest absolute Gasteiger partial charge is 0.410 e. The molecule has 1 amide bonds. The van der Waals surface area contributed by atoms with Crippen LogP contribution >= 0.6 is 0 Å². The fraction of sp³-hybridized carbons (Fsp3) is 0.550. The van der Waals surface area contributed by atoms with Crippen LogP contribution in [0.3, 0.4) is 0 Å². The first-order valence-corrected chi connectivity index (χ1v) is 8.91. The largest absolute Gasteiger partial charge is 0.444 e. The Morgan fingerprint density at radius 1 is 1.38 bits per heavy atom. The van der Waals surface area contributed by atoms with Crippen LogP contribution in [0.25, 0.3) is 10.9 Å². The van der Waals surface area contributed by atoms with Crippen molar-refractivity contribution in [3.8, 4) is 0 Å². The highest BCUT2D eigenvalue weighted by Crippen LogP contribution is 2.40. The maximum atomic E-state index is 12.8. The molecular formula is C20H28N2O2. The number of nitrogens with zero attached hydrogens (tertiary/aromatic N) is 1. The van der Waals surface area contributed by atoms with Crippen molar-refractivity contribution in [3.63, 3.8) is 0 Å². The zero-order valence-corrected chi connectivity index (χ0v) is 15.3. The Balaban J connectivity index is 2.03. The highest BCUT2D eigenvalue weighted by molar-refractivity contribution is 5.85. The third kappa shape index (κ3) is 3.02. The number of hydrogen-bond acceptors (Lipinski definition) is 2. The van der Waals surface area contributed by atoms with E-state index in [0.717, 1.165) is 18.4 Å². The van der Waals surface area contributed by atoms with Gasteiger partial charge in [0.15, 0.2) is 0 Å². The summed E-state index contributed by atoms with van der Waals surface area (Å²) < 4.78 is 5.66. The van der Waals surface area contributed by atoms with Gasteiger partial charge in [0, 0.05) is 23.1 Å². The Labute approximate surface area is 144 Å². The molecule has 2 atom stereocenters. The standard InChI is InChI=1S/C20H28N2O2/c1-6-13(2)18-17-15(14-9-7-8-10-16(14)21-17)11-12-22(18)19(23)24-20(3,4)5/h7-10,13,18,21H,6,11-12H2,1-5H3/t13-,18-/m0/s1. The first kappa shape index (κ1) is 16.9. The fourth-order valence-electron chi connectivity index (χ4n) is 3.61. The number of benzene rings is 1. The van der Waals surface area contributed by atoms with Crippen molar-refractivity contribution in [2.24, 2.45) is 5.92 Å². The van der Waals surface area contributed by atoms with Gasteiger partial charge < -0.3 is 9.72 Å². The maximum Gasteiger partial charge on any atom is 0.410 e. The zero-order valence-electron chi connectivity index (χ0n) is 15.3. The van der Waals surface area contributed by atoms with Crippen molar-refractivity contribution in [2.75, 3.05) is 6.54 Å². The molecule has 1 aliphatic rings. The van der Waals surface area contributed by atoms with Crippen molar-refractivity contribution in [1.82, 2.24) is 9.88 Å².